The first-order chi connectivity index (χ1) is 35.5. The minimum absolute atomic E-state index is 0.0111. The molecule has 41 heteroatoms. The molecule has 0 saturated carbocycles. The van der Waals surface area contributed by atoms with Gasteiger partial charge in [0.15, 0.2) is 30.2 Å². The van der Waals surface area contributed by atoms with E-state index >= 15 is 0 Å². The Morgan fingerprint density at radius 1 is 0.855 bits per heavy atom. The van der Waals surface area contributed by atoms with E-state index in [0.29, 0.717) is 4.57 Å². The summed E-state index contributed by atoms with van der Waals surface area (Å²) >= 11 is 0. The van der Waals surface area contributed by atoms with Crippen LogP contribution in [0.15, 0.2) is 45.6 Å². The lowest BCUT2D eigenvalue weighted by molar-refractivity contribution is -0.745. The summed E-state index contributed by atoms with van der Waals surface area (Å²) < 4.78 is 105. The monoisotopic (exact) mass is 1160 g/mol. The third-order valence-corrected chi connectivity index (χ3v) is 18.3. The second kappa shape index (κ2) is 21.6. The van der Waals surface area contributed by atoms with Gasteiger partial charge in [-0.05, 0) is 0 Å². The Kier molecular flexibility index (Phi) is 16.3. The number of ether oxygens (including phenoxy) is 4. The second-order valence-corrected chi connectivity index (χ2v) is 23.9. The summed E-state index contributed by atoms with van der Waals surface area (Å²) in [6.07, 6.45) is -13.0. The van der Waals surface area contributed by atoms with Gasteiger partial charge in [0, 0.05) is 45.8 Å². The van der Waals surface area contributed by atoms with E-state index in [0.717, 1.165) is 36.6 Å². The second-order valence-electron chi connectivity index (χ2n) is 17.4. The van der Waals surface area contributed by atoms with Crippen LogP contribution in [0.3, 0.4) is 0 Å². The number of aliphatic hydroxyl groups excluding tert-OH is 3. The van der Waals surface area contributed by atoms with E-state index < -0.39 is 153 Å². The number of hydrogen-bond acceptors (Lipinski definition) is 27. The molecule has 8 heterocycles. The Bertz CT molecular complexity index is 3390. The number of nitrogens with one attached hydrogen (secondary N) is 2. The number of aromatic amines is 2. The molecule has 3 aliphatic rings. The van der Waals surface area contributed by atoms with Gasteiger partial charge in [0.1, 0.15) is 50.0 Å². The number of nitrogens with zero attached hydrogens (tertiary/aromatic N) is 9. The summed E-state index contributed by atoms with van der Waals surface area (Å²) in [7, 11) is -18.5. The maximum Gasteiger partial charge on any atom is 0.490 e. The van der Waals surface area contributed by atoms with Crippen LogP contribution in [0.2, 0.25) is 0 Å². The molecule has 0 spiro atoms. The molecule has 12 N–H and O–H groups in total. The lowest BCUT2D eigenvalue weighted by atomic mass is 9.94. The molecular weight excluding hydrogens is 1110 g/mol. The van der Waals surface area contributed by atoms with Gasteiger partial charge in [-0.1, -0.05) is 4.98 Å². The summed E-state index contributed by atoms with van der Waals surface area (Å²) in [4.78, 5) is 117. The first-order valence-electron chi connectivity index (χ1n) is 21.9. The van der Waals surface area contributed by atoms with Gasteiger partial charge < -0.3 is 79.3 Å². The minimum atomic E-state index is -6.26. The summed E-state index contributed by atoms with van der Waals surface area (Å²) in [6, 6.07) is 0.912. The van der Waals surface area contributed by atoms with Gasteiger partial charge in [0.25, 0.3) is 17.1 Å². The molecule has 0 bridgehead atoms. The van der Waals surface area contributed by atoms with Crippen molar-refractivity contribution in [1.82, 2.24) is 48.5 Å². The standard InChI is InChI=1S/C35H49N13O24P4/c1-44(2)19(50)7-14-15(68-31(22(14)51)48-13-45(3)21-29(48)42-34(37)43-30(21)54)8-66-74(58,59)71-76(62,63)72-75(60,61)67-10-17-26(25(64-4)33(70-17)47-12-40-20-27(36)38-11-39-28(20)47)73(56,57)65-9-16-23(52)24(53)32(69-16)46-6-5-18(49)41-35(46)55/h5-6,11-17,22-26,31-33,51-53H,7-10H2,1-4H3,(H9-,36,37,38,39,41,42,43,49,54,55,56,57,58,59,60,61,62,63)/t14-,15-,16-,17-,22-,23-,24-,25-,26-,31?,32-,33-/m1/s1. The number of carbonyl (C=O) groups excluding carboxylic acids is 1. The van der Waals surface area contributed by atoms with Gasteiger partial charge in [-0.2, -0.15) is 8.62 Å². The first kappa shape index (κ1) is 57.1. The molecule has 3 saturated heterocycles. The van der Waals surface area contributed by atoms with Crippen LogP contribution in [-0.2, 0) is 71.2 Å². The predicted octanol–water partition coefficient (Wildman–Crippen LogP) is -4.71. The van der Waals surface area contributed by atoms with Crippen LogP contribution in [0.4, 0.5) is 11.8 Å². The van der Waals surface area contributed by atoms with Crippen molar-refractivity contribution in [3.05, 3.63) is 62.4 Å². The largest absolute Gasteiger partial charge is 0.778 e. The van der Waals surface area contributed by atoms with Gasteiger partial charge >= 0.3 is 34.8 Å². The average Bonchev–Trinajstić information content (AvgIpc) is 4.13. The number of hydrogen-bond donors (Lipinski definition) is 10. The number of aryl methyl sites for hydroxylation is 1. The summed E-state index contributed by atoms with van der Waals surface area (Å²) in [5.74, 6) is -2.23. The highest BCUT2D eigenvalue weighted by atomic mass is 31.3. The molecule has 418 valence electrons. The van der Waals surface area contributed by atoms with E-state index in [1.807, 2.05) is 4.98 Å². The van der Waals surface area contributed by atoms with Crippen LogP contribution in [0, 0.1) is 5.92 Å². The zero-order chi connectivity index (χ0) is 55.6. The molecule has 0 radical (unpaired) electrons. The lowest BCUT2D eigenvalue weighted by Gasteiger charge is -2.35. The molecular formula is C35H49N13O24P4. The van der Waals surface area contributed by atoms with Crippen molar-refractivity contribution in [3.63, 3.8) is 0 Å². The molecule has 5 unspecified atom stereocenters. The van der Waals surface area contributed by atoms with Crippen LogP contribution < -0.4 is 37.7 Å². The molecule has 37 nitrogen and oxygen atoms in total. The third-order valence-electron chi connectivity index (χ3n) is 12.2. The SMILES string of the molecule is CO[C@@H]1[C@H](P(=O)([O-])OC[C@H]2O[C@@H](n3ccc(=O)[nH]c3=O)[C@H](O)[C@@H]2O)[C@@H](COP(=O)(O)OP(=O)(O)OP(=O)(O)OC[C@H]2OC([n+]3cn(C)c4c(=O)[nH]c(N)nc43)[C@H](O)[C@@H]2CC(=O)N(C)C)O[C@H]1n1cnc2c(N)ncnc21. The zero-order valence-corrected chi connectivity index (χ0v) is 43.2. The molecule has 8 rings (SSSR count). The fraction of sp³-hybridized carbons (Fsp3) is 0.571. The predicted molar refractivity (Wildman–Crippen MR) is 245 cm³/mol. The number of anilines is 2. The topological polar surface area (TPSA) is 521 Å². The lowest BCUT2D eigenvalue weighted by Crippen LogP contribution is -2.45. The number of rotatable bonds is 20. The number of nitrogen functional groups attached to an aromatic ring is 2. The number of methoxy groups -OCH3 is 1. The Morgan fingerprint density at radius 3 is 2.14 bits per heavy atom. The number of H-pyrrole nitrogens is 2. The highest BCUT2D eigenvalue weighted by molar-refractivity contribution is 7.66. The maximum absolute atomic E-state index is 14.2. The Morgan fingerprint density at radius 2 is 1.50 bits per heavy atom. The van der Waals surface area contributed by atoms with E-state index in [1.54, 1.807) is 0 Å². The highest BCUT2D eigenvalue weighted by Gasteiger charge is 2.55. The molecule has 0 aliphatic carbocycles. The van der Waals surface area contributed by atoms with Gasteiger partial charge in [0.05, 0.1) is 51.1 Å². The third kappa shape index (κ3) is 11.7. The minimum Gasteiger partial charge on any atom is -0.778 e. The normalized spacial score (nSPS) is 30.0. The first-order valence-corrected chi connectivity index (χ1v) is 28.0. The number of carbonyl (C=O) groups is 1. The number of amides is 1. The molecule has 3 aliphatic heterocycles. The van der Waals surface area contributed by atoms with Crippen molar-refractivity contribution in [1.29, 1.82) is 0 Å². The van der Waals surface area contributed by atoms with Crippen LogP contribution >= 0.6 is 31.1 Å². The van der Waals surface area contributed by atoms with Crippen molar-refractivity contribution in [3.8, 4) is 0 Å². The summed E-state index contributed by atoms with van der Waals surface area (Å²) in [5, 5.41) is 32.9. The zero-order valence-electron chi connectivity index (χ0n) is 39.6. The van der Waals surface area contributed by atoms with Gasteiger partial charge in [-0.3, -0.25) is 47.1 Å². The van der Waals surface area contributed by atoms with Crippen molar-refractivity contribution < 1.29 is 104 Å². The van der Waals surface area contributed by atoms with Crippen molar-refractivity contribution >= 4 is 71.1 Å². The molecule has 5 aromatic rings. The van der Waals surface area contributed by atoms with E-state index in [4.69, 9.17) is 44.0 Å². The summed E-state index contributed by atoms with van der Waals surface area (Å²) in [5.41, 5.74) is 6.94. The van der Waals surface area contributed by atoms with Crippen molar-refractivity contribution in [2.24, 2.45) is 13.0 Å². The maximum atomic E-state index is 14.2. The van der Waals surface area contributed by atoms with Gasteiger partial charge in [-0.25, -0.2) is 38.0 Å². The number of phosphoric ester groups is 2. The van der Waals surface area contributed by atoms with E-state index in [9.17, 15) is 72.3 Å². The number of phosphoric acid groups is 3. The number of fused-ring (bicyclic) bond motifs is 2. The van der Waals surface area contributed by atoms with Gasteiger partial charge in [0.2, 0.25) is 17.7 Å². The van der Waals surface area contributed by atoms with Crippen LogP contribution in [0.1, 0.15) is 25.1 Å². The molecule has 16 atom stereocenters. The number of aliphatic hydroxyl groups is 3. The number of aromatic nitrogens is 10. The Labute approximate surface area is 423 Å². The number of imidazole rings is 2. The molecule has 76 heavy (non-hydrogen) atoms. The molecule has 0 aromatic carbocycles. The van der Waals surface area contributed by atoms with Crippen molar-refractivity contribution in [2.75, 3.05) is 52.5 Å². The summed E-state index contributed by atoms with van der Waals surface area (Å²) in [6.45, 7) is -3.50. The molecule has 1 amide bonds. The fourth-order valence-electron chi connectivity index (χ4n) is 8.70. The van der Waals surface area contributed by atoms with E-state index in [2.05, 4.69) is 33.5 Å². The smallest absolute Gasteiger partial charge is 0.490 e. The molecule has 3 fully saturated rings. The highest BCUT2D eigenvalue weighted by Crippen LogP contribution is 2.68. The Balaban J connectivity index is 0.969. The van der Waals surface area contributed by atoms with Crippen molar-refractivity contribution in [2.45, 2.75) is 73.5 Å². The van der Waals surface area contributed by atoms with Crippen LogP contribution in [0.5, 0.6) is 0 Å². The van der Waals surface area contributed by atoms with Crippen LogP contribution in [0.25, 0.3) is 22.3 Å². The Hall–Kier alpha value is -5.07. The fourth-order valence-corrected chi connectivity index (χ4v) is 13.9. The molecule has 5 aromatic heterocycles. The average molecular weight is 1160 g/mol. The van der Waals surface area contributed by atoms with E-state index in [1.165, 1.54) is 41.5 Å². The number of nitrogens with two attached hydrogens (primary N) is 2. The van der Waals surface area contributed by atoms with Crippen LogP contribution in [-0.4, -0.2) is 174 Å². The van der Waals surface area contributed by atoms with Gasteiger partial charge in [-0.15, -0.1) is 0 Å². The quantitative estimate of drug-likeness (QED) is 0.0259. The van der Waals surface area contributed by atoms with E-state index in [-0.39, 0.29) is 34.1 Å².